The summed E-state index contributed by atoms with van der Waals surface area (Å²) in [6.45, 7) is 3.70. The molecule has 0 spiro atoms. The summed E-state index contributed by atoms with van der Waals surface area (Å²) in [5.41, 5.74) is 4.62. The summed E-state index contributed by atoms with van der Waals surface area (Å²) >= 11 is 1.07. The van der Waals surface area contributed by atoms with Crippen molar-refractivity contribution in [3.8, 4) is 0 Å². The number of thioether (sulfide) groups is 1. The van der Waals surface area contributed by atoms with Crippen molar-refractivity contribution in [3.63, 3.8) is 0 Å². The Labute approximate surface area is 180 Å². The number of para-hydroxylation sites is 1. The maximum absolute atomic E-state index is 12.8. The Morgan fingerprint density at radius 3 is 2.61 bits per heavy atom. The fourth-order valence-electron chi connectivity index (χ4n) is 2.81. The number of amides is 2. The monoisotopic (exact) mass is 441 g/mol. The molecule has 0 unspecified atom stereocenters. The molecule has 10 nitrogen and oxygen atoms in total. The number of rotatable bonds is 6. The summed E-state index contributed by atoms with van der Waals surface area (Å²) in [4.78, 5) is 51.8. The number of nitro benzene ring substituents is 1. The molecule has 0 saturated heterocycles. The van der Waals surface area contributed by atoms with Gasteiger partial charge in [0.05, 0.1) is 21.6 Å². The van der Waals surface area contributed by atoms with Crippen molar-refractivity contribution in [2.75, 3.05) is 5.75 Å². The Morgan fingerprint density at radius 1 is 1.16 bits per heavy atom. The van der Waals surface area contributed by atoms with Crippen molar-refractivity contribution in [2.45, 2.75) is 25.0 Å². The van der Waals surface area contributed by atoms with Gasteiger partial charge in [-0.1, -0.05) is 30.0 Å². The number of nitrogens with one attached hydrogen (secondary N) is 2. The summed E-state index contributed by atoms with van der Waals surface area (Å²) in [6.07, 6.45) is 0. The van der Waals surface area contributed by atoms with Gasteiger partial charge in [0.25, 0.3) is 17.2 Å². The van der Waals surface area contributed by atoms with Crippen LogP contribution in [0.1, 0.15) is 30.2 Å². The number of aromatic nitrogens is 2. The van der Waals surface area contributed by atoms with Gasteiger partial charge in [0.2, 0.25) is 5.91 Å². The van der Waals surface area contributed by atoms with E-state index < -0.39 is 16.7 Å². The Hall–Kier alpha value is -3.73. The number of fused-ring (bicyclic) bond motifs is 1. The third-order valence-electron chi connectivity index (χ3n) is 4.26. The van der Waals surface area contributed by atoms with Gasteiger partial charge in [0.15, 0.2) is 5.16 Å². The van der Waals surface area contributed by atoms with Crippen LogP contribution in [0.4, 0.5) is 5.69 Å². The second-order valence-electron chi connectivity index (χ2n) is 6.78. The van der Waals surface area contributed by atoms with Crippen LogP contribution in [0.15, 0.2) is 58.5 Å². The Balaban J connectivity index is 1.67. The minimum atomic E-state index is -0.690. The van der Waals surface area contributed by atoms with Crippen LogP contribution in [0.25, 0.3) is 10.9 Å². The van der Waals surface area contributed by atoms with Crippen LogP contribution in [-0.4, -0.2) is 32.0 Å². The smallest absolute Gasteiger partial charge is 0.270 e. The maximum Gasteiger partial charge on any atom is 0.270 e. The number of non-ortho nitro benzene ring substituents is 1. The normalized spacial score (nSPS) is 10.8. The van der Waals surface area contributed by atoms with Crippen molar-refractivity contribution in [3.05, 3.63) is 74.6 Å². The zero-order chi connectivity index (χ0) is 22.5. The lowest BCUT2D eigenvalue weighted by molar-refractivity contribution is -0.384. The second kappa shape index (κ2) is 9.39. The highest BCUT2D eigenvalue weighted by atomic mass is 32.2. The first-order valence-electron chi connectivity index (χ1n) is 9.25. The molecule has 160 valence electrons. The van der Waals surface area contributed by atoms with E-state index in [0.717, 1.165) is 17.8 Å². The number of hydrazine groups is 1. The van der Waals surface area contributed by atoms with Crippen molar-refractivity contribution >= 4 is 40.2 Å². The average molecular weight is 441 g/mol. The van der Waals surface area contributed by atoms with Crippen molar-refractivity contribution in [2.24, 2.45) is 0 Å². The first-order valence-corrected chi connectivity index (χ1v) is 10.2. The summed E-state index contributed by atoms with van der Waals surface area (Å²) in [7, 11) is 0. The predicted octanol–water partition coefficient (Wildman–Crippen LogP) is 2.44. The van der Waals surface area contributed by atoms with Gasteiger partial charge in [-0.3, -0.25) is 39.9 Å². The minimum Gasteiger partial charge on any atom is -0.285 e. The quantitative estimate of drug-likeness (QED) is 0.259. The van der Waals surface area contributed by atoms with Crippen molar-refractivity contribution in [1.82, 2.24) is 20.4 Å². The molecule has 31 heavy (non-hydrogen) atoms. The standard InChI is InChI=1S/C20H19N5O5S/c1-12(2)24-19(28)15-8-3-4-9-16(15)21-20(24)31-11-17(26)22-23-18(27)13-6-5-7-14(10-13)25(29)30/h3-10,12H,11H2,1-2H3,(H,22,26)(H,23,27). The van der Waals surface area contributed by atoms with Gasteiger partial charge in [-0.15, -0.1) is 0 Å². The molecule has 0 saturated carbocycles. The molecular formula is C20H19N5O5S. The van der Waals surface area contributed by atoms with Crippen LogP contribution in [0.2, 0.25) is 0 Å². The van der Waals surface area contributed by atoms with Gasteiger partial charge in [0, 0.05) is 23.7 Å². The lowest BCUT2D eigenvalue weighted by atomic mass is 10.2. The van der Waals surface area contributed by atoms with Gasteiger partial charge in [0.1, 0.15) is 0 Å². The molecule has 0 aliphatic carbocycles. The number of nitrogens with zero attached hydrogens (tertiary/aromatic N) is 3. The molecular weight excluding hydrogens is 422 g/mol. The zero-order valence-corrected chi connectivity index (χ0v) is 17.5. The summed E-state index contributed by atoms with van der Waals surface area (Å²) in [5, 5.41) is 11.7. The third kappa shape index (κ3) is 5.07. The van der Waals surface area contributed by atoms with Crippen LogP contribution in [0, 0.1) is 10.1 Å². The van der Waals surface area contributed by atoms with Gasteiger partial charge in [-0.25, -0.2) is 4.98 Å². The number of hydrogen-bond acceptors (Lipinski definition) is 7. The molecule has 1 aromatic heterocycles. The maximum atomic E-state index is 12.8. The molecule has 2 N–H and O–H groups in total. The molecule has 0 bridgehead atoms. The highest BCUT2D eigenvalue weighted by molar-refractivity contribution is 7.99. The van der Waals surface area contributed by atoms with Gasteiger partial charge in [-0.05, 0) is 32.0 Å². The molecule has 11 heteroatoms. The number of carbonyl (C=O) groups is 2. The van der Waals surface area contributed by atoms with Crippen molar-refractivity contribution in [1.29, 1.82) is 0 Å². The summed E-state index contributed by atoms with van der Waals surface area (Å²) in [6, 6.07) is 11.9. The predicted molar refractivity (Wildman–Crippen MR) is 116 cm³/mol. The molecule has 0 aliphatic heterocycles. The highest BCUT2D eigenvalue weighted by Crippen LogP contribution is 2.20. The minimum absolute atomic E-state index is 0.0343. The van der Waals surface area contributed by atoms with Crippen LogP contribution in [-0.2, 0) is 4.79 Å². The summed E-state index contributed by atoms with van der Waals surface area (Å²) < 4.78 is 1.52. The topological polar surface area (TPSA) is 136 Å². The van der Waals surface area contributed by atoms with E-state index in [-0.39, 0.29) is 28.6 Å². The molecule has 2 aromatic carbocycles. The molecule has 0 atom stereocenters. The summed E-state index contributed by atoms with van der Waals surface area (Å²) in [5.74, 6) is -1.32. The van der Waals surface area contributed by atoms with Gasteiger partial charge < -0.3 is 0 Å². The molecule has 3 rings (SSSR count). The fraction of sp³-hybridized carbons (Fsp3) is 0.200. The number of hydrogen-bond donors (Lipinski definition) is 2. The van der Waals surface area contributed by atoms with Gasteiger partial charge in [-0.2, -0.15) is 0 Å². The first kappa shape index (κ1) is 22.0. The van der Waals surface area contributed by atoms with E-state index in [1.807, 2.05) is 13.8 Å². The van der Waals surface area contributed by atoms with Crippen LogP contribution in [0.5, 0.6) is 0 Å². The van der Waals surface area contributed by atoms with Crippen LogP contribution in [0.3, 0.4) is 0 Å². The molecule has 0 radical (unpaired) electrons. The third-order valence-corrected chi connectivity index (χ3v) is 5.21. The van der Waals surface area contributed by atoms with Crippen LogP contribution < -0.4 is 16.4 Å². The number of benzene rings is 2. The Kier molecular flexibility index (Phi) is 6.65. The van der Waals surface area contributed by atoms with E-state index in [2.05, 4.69) is 15.8 Å². The Bertz CT molecular complexity index is 1220. The molecule has 1 heterocycles. The molecule has 2 amide bonds. The van der Waals surface area contributed by atoms with E-state index in [9.17, 15) is 24.5 Å². The van der Waals surface area contributed by atoms with E-state index in [0.29, 0.717) is 16.1 Å². The molecule has 0 aliphatic rings. The van der Waals surface area contributed by atoms with E-state index >= 15 is 0 Å². The zero-order valence-electron chi connectivity index (χ0n) is 16.7. The first-order chi connectivity index (χ1) is 14.8. The van der Waals surface area contributed by atoms with Crippen molar-refractivity contribution < 1.29 is 14.5 Å². The lowest BCUT2D eigenvalue weighted by Gasteiger charge is -2.16. The van der Waals surface area contributed by atoms with E-state index in [4.69, 9.17) is 0 Å². The van der Waals surface area contributed by atoms with Gasteiger partial charge >= 0.3 is 0 Å². The Morgan fingerprint density at radius 2 is 1.90 bits per heavy atom. The van der Waals surface area contributed by atoms with E-state index in [1.54, 1.807) is 24.3 Å². The van der Waals surface area contributed by atoms with Crippen LogP contribution >= 0.6 is 11.8 Å². The number of carbonyl (C=O) groups excluding carboxylic acids is 2. The fourth-order valence-corrected chi connectivity index (χ4v) is 3.74. The molecule has 3 aromatic rings. The molecule has 0 fully saturated rings. The SMILES string of the molecule is CC(C)n1c(SCC(=O)NNC(=O)c2cccc([N+](=O)[O-])c2)nc2ccccc2c1=O. The number of nitro groups is 1. The lowest BCUT2D eigenvalue weighted by Crippen LogP contribution is -2.42. The van der Waals surface area contributed by atoms with E-state index in [1.165, 1.54) is 22.8 Å². The average Bonchev–Trinajstić information content (AvgIpc) is 2.75. The highest BCUT2D eigenvalue weighted by Gasteiger charge is 2.16. The second-order valence-corrected chi connectivity index (χ2v) is 7.72. The largest absolute Gasteiger partial charge is 0.285 e.